The number of thiazole rings is 1. The van der Waals surface area contributed by atoms with Gasteiger partial charge in [0.05, 0.1) is 11.2 Å². The number of rotatable bonds is 3. The monoisotopic (exact) mass is 251 g/mol. The third-order valence-corrected chi connectivity index (χ3v) is 4.81. The summed E-state index contributed by atoms with van der Waals surface area (Å²) in [5.74, 6) is 0.782. The summed E-state index contributed by atoms with van der Waals surface area (Å²) in [6.07, 6.45) is 2.70. The Morgan fingerprint density at radius 3 is 2.71 bits per heavy atom. The van der Waals surface area contributed by atoms with E-state index >= 15 is 0 Å². The van der Waals surface area contributed by atoms with Crippen LogP contribution in [0.25, 0.3) is 0 Å². The molecule has 1 aliphatic heterocycles. The average molecular weight is 251 g/mol. The van der Waals surface area contributed by atoms with Crippen LogP contribution in [0.15, 0.2) is 5.51 Å². The van der Waals surface area contributed by atoms with E-state index in [-0.39, 0.29) is 0 Å². The van der Waals surface area contributed by atoms with Crippen LogP contribution >= 0.6 is 11.3 Å². The summed E-state index contributed by atoms with van der Waals surface area (Å²) >= 11 is 1.84. The SMILES string of the molecule is C[C@@H]1CNC[C@H](C)N1Cc1scnc1C1CC1. The lowest BCUT2D eigenvalue weighted by Crippen LogP contribution is -2.54. The summed E-state index contributed by atoms with van der Waals surface area (Å²) in [5.41, 5.74) is 3.42. The fraction of sp³-hybridized carbons (Fsp3) is 0.769. The summed E-state index contributed by atoms with van der Waals surface area (Å²) in [6, 6.07) is 1.26. The maximum Gasteiger partial charge on any atom is 0.0798 e. The van der Waals surface area contributed by atoms with Crippen molar-refractivity contribution in [2.24, 2.45) is 0 Å². The first-order chi connectivity index (χ1) is 8.25. The summed E-state index contributed by atoms with van der Waals surface area (Å²) < 4.78 is 0. The van der Waals surface area contributed by atoms with Gasteiger partial charge in [-0.15, -0.1) is 11.3 Å². The highest BCUT2D eigenvalue weighted by atomic mass is 32.1. The lowest BCUT2D eigenvalue weighted by Gasteiger charge is -2.39. The Morgan fingerprint density at radius 2 is 2.06 bits per heavy atom. The zero-order valence-corrected chi connectivity index (χ0v) is 11.5. The van der Waals surface area contributed by atoms with E-state index in [0.29, 0.717) is 12.1 Å². The first kappa shape index (κ1) is 11.6. The molecule has 1 saturated carbocycles. The molecule has 0 bridgehead atoms. The van der Waals surface area contributed by atoms with Gasteiger partial charge in [-0.25, -0.2) is 4.98 Å². The van der Waals surface area contributed by atoms with Gasteiger partial charge in [-0.1, -0.05) is 0 Å². The largest absolute Gasteiger partial charge is 0.314 e. The van der Waals surface area contributed by atoms with E-state index in [0.717, 1.165) is 25.6 Å². The number of piperazine rings is 1. The van der Waals surface area contributed by atoms with Crippen molar-refractivity contribution in [3.8, 4) is 0 Å². The van der Waals surface area contributed by atoms with E-state index in [4.69, 9.17) is 0 Å². The fourth-order valence-electron chi connectivity index (χ4n) is 2.73. The molecular weight excluding hydrogens is 230 g/mol. The first-order valence-electron chi connectivity index (χ1n) is 6.64. The molecule has 0 unspecified atom stereocenters. The van der Waals surface area contributed by atoms with E-state index in [1.54, 1.807) is 0 Å². The Balaban J connectivity index is 1.74. The Morgan fingerprint density at radius 1 is 1.35 bits per heavy atom. The fourth-order valence-corrected chi connectivity index (χ4v) is 3.59. The van der Waals surface area contributed by atoms with Crippen molar-refractivity contribution < 1.29 is 0 Å². The Labute approximate surface area is 107 Å². The van der Waals surface area contributed by atoms with Gasteiger partial charge in [0.15, 0.2) is 0 Å². The highest BCUT2D eigenvalue weighted by Crippen LogP contribution is 2.42. The number of hydrogen-bond donors (Lipinski definition) is 1. The molecule has 1 N–H and O–H groups in total. The first-order valence-corrected chi connectivity index (χ1v) is 7.52. The van der Waals surface area contributed by atoms with Gasteiger partial charge in [0, 0.05) is 42.5 Å². The topological polar surface area (TPSA) is 28.2 Å². The molecule has 4 heteroatoms. The quantitative estimate of drug-likeness (QED) is 0.892. The lowest BCUT2D eigenvalue weighted by molar-refractivity contribution is 0.109. The second-order valence-electron chi connectivity index (χ2n) is 5.46. The van der Waals surface area contributed by atoms with Gasteiger partial charge in [-0.05, 0) is 26.7 Å². The van der Waals surface area contributed by atoms with Crippen LogP contribution in [0, 0.1) is 0 Å². The van der Waals surface area contributed by atoms with Gasteiger partial charge in [0.2, 0.25) is 0 Å². The molecule has 2 aliphatic rings. The van der Waals surface area contributed by atoms with Gasteiger partial charge in [0.25, 0.3) is 0 Å². The molecule has 2 fully saturated rings. The van der Waals surface area contributed by atoms with E-state index in [2.05, 4.69) is 29.0 Å². The number of hydrogen-bond acceptors (Lipinski definition) is 4. The molecule has 1 aromatic heterocycles. The smallest absolute Gasteiger partial charge is 0.0798 e. The molecule has 17 heavy (non-hydrogen) atoms. The third kappa shape index (κ3) is 2.39. The Bertz CT molecular complexity index is 376. The molecule has 0 aromatic carbocycles. The molecule has 3 nitrogen and oxygen atoms in total. The van der Waals surface area contributed by atoms with Crippen molar-refractivity contribution in [2.45, 2.75) is 51.2 Å². The molecule has 0 radical (unpaired) electrons. The van der Waals surface area contributed by atoms with Crippen LogP contribution in [0.4, 0.5) is 0 Å². The van der Waals surface area contributed by atoms with Crippen molar-refractivity contribution in [1.29, 1.82) is 0 Å². The zero-order chi connectivity index (χ0) is 11.8. The molecule has 3 rings (SSSR count). The van der Waals surface area contributed by atoms with E-state index in [9.17, 15) is 0 Å². The van der Waals surface area contributed by atoms with Crippen LogP contribution in [-0.4, -0.2) is 35.1 Å². The molecule has 94 valence electrons. The van der Waals surface area contributed by atoms with E-state index in [1.807, 2.05) is 16.8 Å². The summed E-state index contributed by atoms with van der Waals surface area (Å²) in [6.45, 7) is 7.96. The molecule has 2 atom stereocenters. The third-order valence-electron chi connectivity index (χ3n) is 3.97. The minimum atomic E-state index is 0.632. The Kier molecular flexibility index (Phi) is 3.19. The predicted molar refractivity (Wildman–Crippen MR) is 71.4 cm³/mol. The van der Waals surface area contributed by atoms with Crippen molar-refractivity contribution in [3.63, 3.8) is 0 Å². The molecule has 0 spiro atoms. The van der Waals surface area contributed by atoms with Crippen LogP contribution in [0.3, 0.4) is 0 Å². The van der Waals surface area contributed by atoms with Crippen LogP contribution in [-0.2, 0) is 6.54 Å². The minimum absolute atomic E-state index is 0.632. The van der Waals surface area contributed by atoms with Crippen molar-refractivity contribution in [1.82, 2.24) is 15.2 Å². The summed E-state index contributed by atoms with van der Waals surface area (Å²) in [4.78, 5) is 8.70. The molecule has 1 saturated heterocycles. The molecule has 0 amide bonds. The normalized spacial score (nSPS) is 30.7. The maximum absolute atomic E-state index is 4.57. The molecule has 2 heterocycles. The van der Waals surface area contributed by atoms with Crippen LogP contribution < -0.4 is 5.32 Å². The molecule has 1 aromatic rings. The second-order valence-corrected chi connectivity index (χ2v) is 6.40. The van der Waals surface area contributed by atoms with E-state index in [1.165, 1.54) is 23.4 Å². The standard InChI is InChI=1S/C13H21N3S/c1-9-5-14-6-10(2)16(9)7-12-13(11-3-4-11)15-8-17-12/h8-11,14H,3-7H2,1-2H3/t9-,10+. The van der Waals surface area contributed by atoms with Crippen molar-refractivity contribution in [2.75, 3.05) is 13.1 Å². The summed E-state index contributed by atoms with van der Waals surface area (Å²) in [7, 11) is 0. The summed E-state index contributed by atoms with van der Waals surface area (Å²) in [5, 5.41) is 3.49. The number of nitrogens with zero attached hydrogens (tertiary/aromatic N) is 2. The Hall–Kier alpha value is -0.450. The number of nitrogens with one attached hydrogen (secondary N) is 1. The van der Waals surface area contributed by atoms with Gasteiger partial charge < -0.3 is 5.32 Å². The maximum atomic E-state index is 4.57. The van der Waals surface area contributed by atoms with Gasteiger partial charge in [-0.3, -0.25) is 4.90 Å². The molecular formula is C13H21N3S. The average Bonchev–Trinajstić information content (AvgIpc) is 3.04. The highest BCUT2D eigenvalue weighted by Gasteiger charge is 2.31. The van der Waals surface area contributed by atoms with Gasteiger partial charge >= 0.3 is 0 Å². The van der Waals surface area contributed by atoms with E-state index < -0.39 is 0 Å². The predicted octanol–water partition coefficient (Wildman–Crippen LogP) is 2.20. The van der Waals surface area contributed by atoms with Gasteiger partial charge in [-0.2, -0.15) is 0 Å². The highest BCUT2D eigenvalue weighted by molar-refractivity contribution is 7.09. The lowest BCUT2D eigenvalue weighted by atomic mass is 10.1. The molecule has 1 aliphatic carbocycles. The van der Waals surface area contributed by atoms with Crippen LogP contribution in [0.1, 0.15) is 43.2 Å². The zero-order valence-electron chi connectivity index (χ0n) is 10.6. The second kappa shape index (κ2) is 4.67. The minimum Gasteiger partial charge on any atom is -0.314 e. The van der Waals surface area contributed by atoms with Crippen LogP contribution in [0.5, 0.6) is 0 Å². The number of aromatic nitrogens is 1. The van der Waals surface area contributed by atoms with Crippen LogP contribution in [0.2, 0.25) is 0 Å². The van der Waals surface area contributed by atoms with Gasteiger partial charge in [0.1, 0.15) is 0 Å². The van der Waals surface area contributed by atoms with Crippen molar-refractivity contribution in [3.05, 3.63) is 16.1 Å². The van der Waals surface area contributed by atoms with Crippen molar-refractivity contribution >= 4 is 11.3 Å².